The zero-order chi connectivity index (χ0) is 37.2. The Bertz CT molecular complexity index is 1590. The number of fused-ring (bicyclic) bond motifs is 5. The third-order valence-electron chi connectivity index (χ3n) is 12.9. The van der Waals surface area contributed by atoms with Crippen molar-refractivity contribution in [3.8, 4) is 0 Å². The van der Waals surface area contributed by atoms with Gasteiger partial charge in [0.25, 0.3) is 0 Å². The van der Waals surface area contributed by atoms with E-state index in [1.54, 1.807) is 51.1 Å². The summed E-state index contributed by atoms with van der Waals surface area (Å²) in [6, 6.07) is 10.7. The average molecular weight is 713 g/mol. The summed E-state index contributed by atoms with van der Waals surface area (Å²) >= 11 is 0. The molecule has 2 N–H and O–H groups in total. The Morgan fingerprint density at radius 2 is 1.58 bits per heavy atom. The number of benzene rings is 1. The van der Waals surface area contributed by atoms with Crippen molar-refractivity contribution in [1.82, 2.24) is 0 Å². The molecule has 5 rings (SSSR count). The van der Waals surface area contributed by atoms with E-state index in [1.807, 2.05) is 0 Å². The van der Waals surface area contributed by atoms with E-state index >= 15 is 4.79 Å². The maximum Gasteiger partial charge on any atom is 0.303 e. The van der Waals surface area contributed by atoms with Crippen molar-refractivity contribution in [2.45, 2.75) is 129 Å². The van der Waals surface area contributed by atoms with Crippen molar-refractivity contribution in [1.29, 1.82) is 0 Å². The summed E-state index contributed by atoms with van der Waals surface area (Å²) in [5.41, 5.74) is -6.92. The Morgan fingerprint density at radius 3 is 2.08 bits per heavy atom. The van der Waals surface area contributed by atoms with Crippen LogP contribution in [0.2, 0.25) is 18.1 Å². The first-order valence-corrected chi connectivity index (χ1v) is 20.3. The summed E-state index contributed by atoms with van der Waals surface area (Å²) in [6.45, 7) is 14.7. The van der Waals surface area contributed by atoms with Crippen molar-refractivity contribution in [3.63, 3.8) is 0 Å². The lowest BCUT2D eigenvalue weighted by Crippen LogP contribution is -2.82. The first-order valence-electron chi connectivity index (χ1n) is 17.8. The van der Waals surface area contributed by atoms with Gasteiger partial charge in [0.2, 0.25) is 0 Å². The van der Waals surface area contributed by atoms with Gasteiger partial charge in [0, 0.05) is 49.5 Å². The molecule has 1 aromatic carbocycles. The maximum atomic E-state index is 15.7. The molecular weight excluding hydrogens is 660 g/mol. The van der Waals surface area contributed by atoms with Gasteiger partial charge in [0.05, 0.1) is 18.1 Å². The number of ether oxygens (including phenoxy) is 3. The molecule has 3 fully saturated rings. The number of Topliss-reactive ketones (excluding diaryl/α,β-unsaturated/α-hetero) is 3. The van der Waals surface area contributed by atoms with Gasteiger partial charge >= 0.3 is 11.9 Å². The Kier molecular flexibility index (Phi) is 10.1. The van der Waals surface area contributed by atoms with Crippen molar-refractivity contribution in [2.24, 2.45) is 22.7 Å². The normalized spacial score (nSPS) is 36.3. The number of aliphatic hydroxyl groups is 2. The molecular formula is C38H52O11Si. The lowest BCUT2D eigenvalue weighted by Gasteiger charge is -2.69. The monoisotopic (exact) mass is 712 g/mol. The van der Waals surface area contributed by atoms with E-state index in [2.05, 4.69) is 20.8 Å². The highest BCUT2D eigenvalue weighted by molar-refractivity contribution is 6.73. The van der Waals surface area contributed by atoms with Gasteiger partial charge in [-0.2, -0.15) is 0 Å². The zero-order valence-corrected chi connectivity index (χ0v) is 31.7. The smallest absolute Gasteiger partial charge is 0.303 e. The van der Waals surface area contributed by atoms with Crippen molar-refractivity contribution >= 4 is 37.6 Å². The molecule has 0 spiro atoms. The quantitative estimate of drug-likeness (QED) is 0.199. The minimum absolute atomic E-state index is 0.00538. The molecule has 50 heavy (non-hydrogen) atoms. The SMILES string of the molecule is CC[Si](CC)(CC)O[C@H]1C[C@H]2OC[C@@]2(OC(C)=O)[C@H]2[C@H](CC(=O)c3ccccc3)[C@]3(O)C(O)C(=O)C(C)=C([C@@H](OC(C)=O)C(=O)[C@]12C)C3(C)C. The standard InChI is InChI=1S/C38H52O11Si/c1-10-50(11-2,12-3)49-27-19-28-37(20-46-28,48-23(6)40)32-25(18-26(41)24-16-14-13-15-17-24)38(45)33(43)30(42)21(4)29(35(38,7)8)31(47-22(5)39)34(44)36(27,32)9/h13-17,25,27-28,31-33,43,45H,10-12,18-20H2,1-9H3/t25-,27-,28+,31+,32-,33?,36+,37-,38-/m0/s1. The second-order valence-corrected chi connectivity index (χ2v) is 20.1. The summed E-state index contributed by atoms with van der Waals surface area (Å²) in [6.07, 6.45) is -5.65. The van der Waals surface area contributed by atoms with Crippen LogP contribution in [-0.2, 0) is 37.8 Å². The highest BCUT2D eigenvalue weighted by Gasteiger charge is 2.78. The van der Waals surface area contributed by atoms with E-state index in [0.29, 0.717) is 5.56 Å². The molecule has 12 heteroatoms. The van der Waals surface area contributed by atoms with Crippen LogP contribution in [0, 0.1) is 22.7 Å². The fourth-order valence-corrected chi connectivity index (χ4v) is 12.9. The minimum Gasteiger partial charge on any atom is -0.454 e. The Labute approximate surface area is 295 Å². The predicted octanol–water partition coefficient (Wildman–Crippen LogP) is 4.52. The number of ketones is 3. The molecule has 1 saturated heterocycles. The lowest BCUT2D eigenvalue weighted by molar-refractivity contribution is -0.340. The predicted molar refractivity (Wildman–Crippen MR) is 184 cm³/mol. The molecule has 0 aromatic heterocycles. The van der Waals surface area contributed by atoms with Crippen LogP contribution in [0.4, 0.5) is 0 Å². The number of hydrogen-bond donors (Lipinski definition) is 2. The number of esters is 2. The topological polar surface area (TPSA) is 163 Å². The van der Waals surface area contributed by atoms with Crippen molar-refractivity contribution < 1.29 is 52.8 Å². The van der Waals surface area contributed by atoms with Crippen LogP contribution in [-0.4, -0.2) is 90.0 Å². The summed E-state index contributed by atoms with van der Waals surface area (Å²) in [4.78, 5) is 69.9. The van der Waals surface area contributed by atoms with E-state index in [1.165, 1.54) is 13.8 Å². The van der Waals surface area contributed by atoms with Crippen LogP contribution in [0.15, 0.2) is 41.5 Å². The summed E-state index contributed by atoms with van der Waals surface area (Å²) in [5.74, 6) is -5.90. The second-order valence-electron chi connectivity index (χ2n) is 15.4. The number of rotatable bonds is 10. The number of hydrogen-bond acceptors (Lipinski definition) is 11. The summed E-state index contributed by atoms with van der Waals surface area (Å²) < 4.78 is 25.4. The van der Waals surface area contributed by atoms with Gasteiger partial charge < -0.3 is 28.8 Å². The zero-order valence-electron chi connectivity index (χ0n) is 30.7. The highest BCUT2D eigenvalue weighted by atomic mass is 28.4. The minimum atomic E-state index is -2.51. The van der Waals surface area contributed by atoms with E-state index in [0.717, 1.165) is 25.1 Å². The average Bonchev–Trinajstić information content (AvgIpc) is 3.07. The van der Waals surface area contributed by atoms with Gasteiger partial charge in [-0.1, -0.05) is 65.0 Å². The van der Waals surface area contributed by atoms with Gasteiger partial charge in [-0.05, 0) is 43.1 Å². The molecule has 2 saturated carbocycles. The van der Waals surface area contributed by atoms with E-state index in [4.69, 9.17) is 18.6 Å². The van der Waals surface area contributed by atoms with Crippen LogP contribution in [0.25, 0.3) is 0 Å². The third kappa shape index (κ3) is 5.39. The largest absolute Gasteiger partial charge is 0.454 e. The molecule has 1 unspecified atom stereocenters. The first kappa shape index (κ1) is 38.2. The van der Waals surface area contributed by atoms with Gasteiger partial charge in [0.1, 0.15) is 17.8 Å². The summed E-state index contributed by atoms with van der Waals surface area (Å²) in [7, 11) is -2.51. The number of aliphatic hydroxyl groups excluding tert-OH is 1. The van der Waals surface area contributed by atoms with Gasteiger partial charge in [0.15, 0.2) is 37.4 Å². The molecule has 1 heterocycles. The first-order chi connectivity index (χ1) is 23.3. The maximum absolute atomic E-state index is 15.7. The molecule has 3 aliphatic carbocycles. The highest BCUT2D eigenvalue weighted by Crippen LogP contribution is 2.66. The number of carbonyl (C=O) groups is 5. The Hall–Kier alpha value is -3.03. The van der Waals surface area contributed by atoms with E-state index in [9.17, 15) is 29.4 Å². The molecule has 1 aromatic rings. The van der Waals surface area contributed by atoms with Crippen molar-refractivity contribution in [3.05, 3.63) is 47.0 Å². The fourth-order valence-electron chi connectivity index (χ4n) is 9.95. The third-order valence-corrected chi connectivity index (χ3v) is 17.5. The van der Waals surface area contributed by atoms with Crippen LogP contribution < -0.4 is 0 Å². The molecule has 1 aliphatic heterocycles. The van der Waals surface area contributed by atoms with Crippen LogP contribution in [0.1, 0.15) is 85.5 Å². The lowest BCUT2D eigenvalue weighted by atomic mass is 9.41. The fraction of sp³-hybridized carbons (Fsp3) is 0.658. The van der Waals surface area contributed by atoms with Crippen LogP contribution in [0.5, 0.6) is 0 Å². The van der Waals surface area contributed by atoms with Gasteiger partial charge in [-0.25, -0.2) is 0 Å². The molecule has 274 valence electrons. The Morgan fingerprint density at radius 1 is 0.980 bits per heavy atom. The van der Waals surface area contributed by atoms with Crippen molar-refractivity contribution in [2.75, 3.05) is 6.61 Å². The van der Waals surface area contributed by atoms with Gasteiger partial charge in [-0.15, -0.1) is 0 Å². The molecule has 0 radical (unpaired) electrons. The van der Waals surface area contributed by atoms with E-state index in [-0.39, 0.29) is 24.2 Å². The molecule has 0 amide bonds. The molecule has 4 aliphatic rings. The van der Waals surface area contributed by atoms with Crippen LogP contribution >= 0.6 is 0 Å². The van der Waals surface area contributed by atoms with Gasteiger partial charge in [-0.3, -0.25) is 24.0 Å². The molecule has 2 bridgehead atoms. The van der Waals surface area contributed by atoms with Crippen LogP contribution in [0.3, 0.4) is 0 Å². The van der Waals surface area contributed by atoms with E-state index < -0.39 is 102 Å². The second kappa shape index (κ2) is 13.2. The Balaban J connectivity index is 1.92. The molecule has 9 atom stereocenters. The molecule has 11 nitrogen and oxygen atoms in total. The summed E-state index contributed by atoms with van der Waals surface area (Å²) in [5, 5.41) is 25.4. The number of carbonyl (C=O) groups excluding carboxylic acids is 5.